The van der Waals surface area contributed by atoms with Gasteiger partial charge < -0.3 is 28.5 Å². The van der Waals surface area contributed by atoms with Crippen molar-refractivity contribution in [3.05, 3.63) is 109 Å². The van der Waals surface area contributed by atoms with Crippen LogP contribution >= 0.6 is 0 Å². The van der Waals surface area contributed by atoms with Crippen molar-refractivity contribution in [2.24, 2.45) is 0 Å². The molecule has 1 N–H and O–H groups in total. The summed E-state index contributed by atoms with van der Waals surface area (Å²) in [4.78, 5) is 37.7. The molecule has 512 valence electrons. The molecule has 9 heteroatoms. The summed E-state index contributed by atoms with van der Waals surface area (Å²) in [5, 5.41) is 9.76. The lowest BCUT2D eigenvalue weighted by atomic mass is 10.0. The monoisotopic (exact) mass is 1240 g/mol. The number of carboxylic acid groups (broad SMARTS) is 1. The maximum Gasteiger partial charge on any atom is 0.361 e. The number of hydrogen-bond donors (Lipinski definition) is 1. The van der Waals surface area contributed by atoms with E-state index >= 15 is 0 Å². The molecule has 0 aromatic carbocycles. The predicted octanol–water partition coefficient (Wildman–Crippen LogP) is 23.4. The smallest absolute Gasteiger partial charge is 0.361 e. The fraction of sp³-hybridized carbons (Fsp3) is 0.738. The summed E-state index contributed by atoms with van der Waals surface area (Å²) in [5.41, 5.74) is 0. The first kappa shape index (κ1) is 85.0. The molecule has 0 heterocycles. The Morgan fingerprint density at radius 1 is 0.348 bits per heavy atom. The van der Waals surface area contributed by atoms with Gasteiger partial charge in [0.05, 0.1) is 34.4 Å². The number of allylic oxidation sites excluding steroid dienone is 18. The first-order valence-corrected chi connectivity index (χ1v) is 37.1. The first-order valence-electron chi connectivity index (χ1n) is 37.1. The van der Waals surface area contributed by atoms with Crippen LogP contribution in [0.2, 0.25) is 0 Å². The molecule has 0 amide bonds. The molecule has 0 fully saturated rings. The standard InChI is InChI=1S/C80H139NO8/c1-6-8-10-12-14-16-18-20-22-24-26-28-30-32-34-36-38-39-41-43-45-47-49-51-53-55-57-59-61-63-65-67-69-71-78(83)89-76(75-88-80(79(84)85)86-73-72-81(3,4)5)74-87-77(82)70-68-66-64-62-60-58-56-54-52-50-48-46-44-42-40-37-35-33-31-29-27-25-23-21-19-17-15-13-11-9-7-2/h8,10,14,16,19-22,25-28,31-34,38-39,76,80H,6-7,9,11-13,15,17-18,23-24,29-30,35-37,40-75H2,1-5H3/p+1/b10-8-,16-14-,21-19-,22-20-,27-25-,28-26-,33-31-,34-32-,39-38-. The molecular formula is C80H140NO8+. The molecule has 0 aliphatic carbocycles. The van der Waals surface area contributed by atoms with Gasteiger partial charge in [-0.1, -0.05) is 316 Å². The highest BCUT2D eigenvalue weighted by atomic mass is 16.7. The summed E-state index contributed by atoms with van der Waals surface area (Å²) in [6, 6.07) is 0. The van der Waals surface area contributed by atoms with E-state index in [0.717, 1.165) is 89.9 Å². The van der Waals surface area contributed by atoms with Crippen molar-refractivity contribution in [1.29, 1.82) is 0 Å². The fourth-order valence-corrected chi connectivity index (χ4v) is 10.4. The van der Waals surface area contributed by atoms with Gasteiger partial charge in [-0.2, -0.15) is 0 Å². The average Bonchev–Trinajstić information content (AvgIpc) is 3.64. The Morgan fingerprint density at radius 3 is 0.955 bits per heavy atom. The summed E-state index contributed by atoms with van der Waals surface area (Å²) in [5.74, 6) is -2.00. The molecule has 2 atom stereocenters. The summed E-state index contributed by atoms with van der Waals surface area (Å²) < 4.78 is 23.0. The van der Waals surface area contributed by atoms with Gasteiger partial charge in [0.2, 0.25) is 0 Å². The van der Waals surface area contributed by atoms with Gasteiger partial charge in [-0.25, -0.2) is 4.79 Å². The Bertz CT molecular complexity index is 1830. The van der Waals surface area contributed by atoms with Crippen molar-refractivity contribution < 1.29 is 42.9 Å². The summed E-state index contributed by atoms with van der Waals surface area (Å²) in [6.07, 6.45) is 94.9. The number of carbonyl (C=O) groups is 3. The van der Waals surface area contributed by atoms with Crippen LogP contribution in [0, 0.1) is 0 Å². The van der Waals surface area contributed by atoms with E-state index in [1.165, 1.54) is 205 Å². The molecule has 0 rings (SSSR count). The molecule has 0 spiro atoms. The van der Waals surface area contributed by atoms with E-state index in [2.05, 4.69) is 123 Å². The minimum absolute atomic E-state index is 0.184. The van der Waals surface area contributed by atoms with Crippen molar-refractivity contribution in [3.63, 3.8) is 0 Å². The Balaban J connectivity index is 4.09. The Labute approximate surface area is 549 Å². The van der Waals surface area contributed by atoms with Crippen LogP contribution in [0.5, 0.6) is 0 Å². The van der Waals surface area contributed by atoms with Crippen LogP contribution < -0.4 is 0 Å². The molecule has 0 aliphatic heterocycles. The average molecular weight is 1240 g/mol. The van der Waals surface area contributed by atoms with E-state index in [1.54, 1.807) is 0 Å². The van der Waals surface area contributed by atoms with Crippen LogP contribution in [-0.2, 0) is 33.3 Å². The first-order chi connectivity index (χ1) is 43.6. The normalized spacial score (nSPS) is 13.3. The Hall–Kier alpha value is -4.05. The van der Waals surface area contributed by atoms with Crippen molar-refractivity contribution in [1.82, 2.24) is 0 Å². The lowest BCUT2D eigenvalue weighted by molar-refractivity contribution is -0.870. The van der Waals surface area contributed by atoms with Crippen LogP contribution in [0.25, 0.3) is 0 Å². The van der Waals surface area contributed by atoms with Gasteiger partial charge in [0.1, 0.15) is 13.2 Å². The number of hydrogen-bond acceptors (Lipinski definition) is 7. The number of unbranched alkanes of at least 4 members (excludes halogenated alkanes) is 35. The SMILES string of the molecule is CC/C=C\C/C=C\C/C=C\C/C=C\C/C=C\C/C=C\CCCCCCCCCCCCCCCCC(=O)OC(COC(=O)CCCCCCCCCCCCCCCCCC/C=C\C/C=C\C/C=C\CCCCCCC)COC(OCC[N+](C)(C)C)C(=O)O. The second-order valence-electron chi connectivity index (χ2n) is 25.9. The van der Waals surface area contributed by atoms with Crippen molar-refractivity contribution in [2.45, 2.75) is 334 Å². The quantitative estimate of drug-likeness (QED) is 0.0211. The third kappa shape index (κ3) is 71.3. The molecule has 89 heavy (non-hydrogen) atoms. The van der Waals surface area contributed by atoms with Gasteiger partial charge in [0.25, 0.3) is 6.29 Å². The molecule has 0 aromatic heterocycles. The summed E-state index contributed by atoms with van der Waals surface area (Å²) in [7, 11) is 5.98. The van der Waals surface area contributed by atoms with Gasteiger partial charge in [-0.3, -0.25) is 9.59 Å². The predicted molar refractivity (Wildman–Crippen MR) is 382 cm³/mol. The van der Waals surface area contributed by atoms with Gasteiger partial charge in [-0.15, -0.1) is 0 Å². The molecule has 9 nitrogen and oxygen atoms in total. The summed E-state index contributed by atoms with van der Waals surface area (Å²) >= 11 is 0. The number of carboxylic acids is 1. The maximum absolute atomic E-state index is 13.0. The van der Waals surface area contributed by atoms with E-state index in [1.807, 2.05) is 21.1 Å². The molecule has 0 saturated heterocycles. The minimum Gasteiger partial charge on any atom is -0.477 e. The third-order valence-corrected chi connectivity index (χ3v) is 16.0. The van der Waals surface area contributed by atoms with E-state index < -0.39 is 24.3 Å². The third-order valence-electron chi connectivity index (χ3n) is 16.0. The van der Waals surface area contributed by atoms with Gasteiger partial charge >= 0.3 is 17.9 Å². The van der Waals surface area contributed by atoms with Crippen LogP contribution in [0.1, 0.15) is 322 Å². The molecule has 0 aromatic rings. The number of esters is 2. The highest BCUT2D eigenvalue weighted by molar-refractivity contribution is 5.71. The van der Waals surface area contributed by atoms with Gasteiger partial charge in [-0.05, 0) is 103 Å². The van der Waals surface area contributed by atoms with Crippen LogP contribution in [-0.4, -0.2) is 87.4 Å². The molecular weight excluding hydrogens is 1100 g/mol. The molecule has 0 aliphatic rings. The van der Waals surface area contributed by atoms with E-state index in [9.17, 15) is 19.5 Å². The highest BCUT2D eigenvalue weighted by Crippen LogP contribution is 2.18. The second kappa shape index (κ2) is 69.8. The van der Waals surface area contributed by atoms with Crippen LogP contribution in [0.15, 0.2) is 109 Å². The second-order valence-corrected chi connectivity index (χ2v) is 25.9. The largest absolute Gasteiger partial charge is 0.477 e. The van der Waals surface area contributed by atoms with E-state index in [0.29, 0.717) is 17.4 Å². The molecule has 0 radical (unpaired) electrons. The maximum atomic E-state index is 13.0. The molecule has 0 bridgehead atoms. The number of rotatable bonds is 68. The van der Waals surface area contributed by atoms with Crippen LogP contribution in [0.3, 0.4) is 0 Å². The van der Waals surface area contributed by atoms with Gasteiger partial charge in [0, 0.05) is 12.8 Å². The molecule has 2 unspecified atom stereocenters. The number of likely N-dealkylation sites (N-methyl/N-ethyl adjacent to an activating group) is 1. The van der Waals surface area contributed by atoms with Crippen molar-refractivity contribution in [3.8, 4) is 0 Å². The fourth-order valence-electron chi connectivity index (χ4n) is 10.4. The number of ether oxygens (including phenoxy) is 4. The summed E-state index contributed by atoms with van der Waals surface area (Å²) in [6.45, 7) is 4.78. The lowest BCUT2D eigenvalue weighted by Crippen LogP contribution is -2.40. The Morgan fingerprint density at radius 2 is 0.640 bits per heavy atom. The number of quaternary nitrogens is 1. The van der Waals surface area contributed by atoms with E-state index in [4.69, 9.17) is 18.9 Å². The van der Waals surface area contributed by atoms with Crippen LogP contribution in [0.4, 0.5) is 0 Å². The van der Waals surface area contributed by atoms with Gasteiger partial charge in [0.15, 0.2) is 6.10 Å². The highest BCUT2D eigenvalue weighted by Gasteiger charge is 2.25. The number of aliphatic carboxylic acids is 1. The van der Waals surface area contributed by atoms with Crippen molar-refractivity contribution in [2.75, 3.05) is 47.5 Å². The lowest BCUT2D eigenvalue weighted by Gasteiger charge is -2.25. The topological polar surface area (TPSA) is 108 Å². The number of carbonyl (C=O) groups excluding carboxylic acids is 2. The number of nitrogens with zero attached hydrogens (tertiary/aromatic N) is 1. The zero-order chi connectivity index (χ0) is 64.7. The minimum atomic E-state index is -1.52. The zero-order valence-electron chi connectivity index (χ0n) is 58.6. The molecule has 0 saturated carbocycles. The Kier molecular flexibility index (Phi) is 66.7. The van der Waals surface area contributed by atoms with Crippen molar-refractivity contribution >= 4 is 17.9 Å². The van der Waals surface area contributed by atoms with E-state index in [-0.39, 0.29) is 32.2 Å². The zero-order valence-corrected chi connectivity index (χ0v) is 58.6.